The number of rotatable bonds is 0. The molecule has 17 heavy (non-hydrogen) atoms. The maximum atomic E-state index is 13.1. The van der Waals surface area contributed by atoms with Crippen LogP contribution in [0.4, 0.5) is 20.2 Å². The summed E-state index contributed by atoms with van der Waals surface area (Å²) in [6.45, 7) is 0. The van der Waals surface area contributed by atoms with Gasteiger partial charge < -0.3 is 5.32 Å². The van der Waals surface area contributed by atoms with Crippen LogP contribution < -0.4 is 5.32 Å². The monoisotopic (exact) mass is 231 g/mol. The molecule has 0 bridgehead atoms. The lowest BCUT2D eigenvalue weighted by molar-refractivity contribution is 0.623. The van der Waals surface area contributed by atoms with E-state index < -0.39 is 0 Å². The standard InChI is InChI=1S/C14H11F2N/c15-11-3-5-13-9(7-11)1-2-10-8-12(16)4-6-14(10)17-13/h3-8,17H,1-2H2. The predicted octanol–water partition coefficient (Wildman–Crippen LogP) is 3.81. The van der Waals surface area contributed by atoms with Gasteiger partial charge in [0, 0.05) is 11.4 Å². The van der Waals surface area contributed by atoms with Crippen LogP contribution in [0.1, 0.15) is 11.1 Å². The van der Waals surface area contributed by atoms with Crippen molar-refractivity contribution in [1.82, 2.24) is 0 Å². The fourth-order valence-electron chi connectivity index (χ4n) is 2.20. The molecular formula is C14H11F2N. The van der Waals surface area contributed by atoms with E-state index in [4.69, 9.17) is 0 Å². The minimum atomic E-state index is -0.234. The summed E-state index contributed by atoms with van der Waals surface area (Å²) in [5.74, 6) is -0.467. The fraction of sp³-hybridized carbons (Fsp3) is 0.143. The van der Waals surface area contributed by atoms with Gasteiger partial charge in [0.15, 0.2) is 0 Å². The molecule has 2 aromatic carbocycles. The molecule has 1 N–H and O–H groups in total. The van der Waals surface area contributed by atoms with E-state index in [0.717, 1.165) is 35.3 Å². The van der Waals surface area contributed by atoms with Gasteiger partial charge in [-0.05, 0) is 60.4 Å². The quantitative estimate of drug-likeness (QED) is 0.727. The Morgan fingerprint density at radius 2 is 1.24 bits per heavy atom. The molecule has 3 heteroatoms. The number of hydrogen-bond acceptors (Lipinski definition) is 1. The van der Waals surface area contributed by atoms with E-state index in [1.807, 2.05) is 0 Å². The Bertz CT molecular complexity index is 527. The molecule has 0 saturated carbocycles. The molecule has 0 atom stereocenters. The average molecular weight is 231 g/mol. The fourth-order valence-corrected chi connectivity index (χ4v) is 2.20. The Balaban J connectivity index is 2.07. The zero-order valence-corrected chi connectivity index (χ0v) is 9.13. The van der Waals surface area contributed by atoms with E-state index in [0.29, 0.717) is 0 Å². The molecule has 1 aliphatic heterocycles. The lowest BCUT2D eigenvalue weighted by atomic mass is 10.0. The zero-order chi connectivity index (χ0) is 11.8. The zero-order valence-electron chi connectivity index (χ0n) is 9.13. The molecule has 0 radical (unpaired) electrons. The Labute approximate surface area is 98.1 Å². The number of fused-ring (bicyclic) bond motifs is 2. The second kappa shape index (κ2) is 3.84. The summed E-state index contributed by atoms with van der Waals surface area (Å²) < 4.78 is 26.3. The third-order valence-corrected chi connectivity index (χ3v) is 3.07. The summed E-state index contributed by atoms with van der Waals surface area (Å²) in [7, 11) is 0. The molecule has 0 unspecified atom stereocenters. The maximum Gasteiger partial charge on any atom is 0.123 e. The summed E-state index contributed by atoms with van der Waals surface area (Å²) >= 11 is 0. The van der Waals surface area contributed by atoms with Gasteiger partial charge in [-0.25, -0.2) is 8.78 Å². The largest absolute Gasteiger partial charge is 0.355 e. The summed E-state index contributed by atoms with van der Waals surface area (Å²) in [5.41, 5.74) is 3.66. The van der Waals surface area contributed by atoms with Gasteiger partial charge in [-0.1, -0.05) is 0 Å². The van der Waals surface area contributed by atoms with Crippen LogP contribution >= 0.6 is 0 Å². The number of hydrogen-bond donors (Lipinski definition) is 1. The Morgan fingerprint density at radius 1 is 0.765 bits per heavy atom. The molecule has 0 spiro atoms. The lowest BCUT2D eigenvalue weighted by Gasteiger charge is -2.09. The number of nitrogens with one attached hydrogen (secondary N) is 1. The summed E-state index contributed by atoms with van der Waals surface area (Å²) in [6.07, 6.45) is 1.44. The van der Waals surface area contributed by atoms with Gasteiger partial charge >= 0.3 is 0 Å². The minimum absolute atomic E-state index is 0.234. The van der Waals surface area contributed by atoms with E-state index in [2.05, 4.69) is 5.32 Å². The van der Waals surface area contributed by atoms with Crippen molar-refractivity contribution in [2.24, 2.45) is 0 Å². The van der Waals surface area contributed by atoms with Gasteiger partial charge in [0.25, 0.3) is 0 Å². The second-order valence-corrected chi connectivity index (χ2v) is 4.23. The number of anilines is 2. The van der Waals surface area contributed by atoms with Crippen molar-refractivity contribution in [3.05, 3.63) is 59.2 Å². The molecule has 0 aromatic heterocycles. The third kappa shape index (κ3) is 1.88. The van der Waals surface area contributed by atoms with Crippen LogP contribution in [0.5, 0.6) is 0 Å². The van der Waals surface area contributed by atoms with Crippen molar-refractivity contribution in [1.29, 1.82) is 0 Å². The van der Waals surface area contributed by atoms with Gasteiger partial charge in [0.1, 0.15) is 11.6 Å². The van der Waals surface area contributed by atoms with E-state index >= 15 is 0 Å². The van der Waals surface area contributed by atoms with Crippen LogP contribution in [0.3, 0.4) is 0 Å². The molecule has 0 aliphatic carbocycles. The predicted molar refractivity (Wildman–Crippen MR) is 63.5 cm³/mol. The molecule has 1 nitrogen and oxygen atoms in total. The van der Waals surface area contributed by atoms with Crippen molar-refractivity contribution in [3.8, 4) is 0 Å². The average Bonchev–Trinajstić information content (AvgIpc) is 2.48. The van der Waals surface area contributed by atoms with Crippen LogP contribution in [0, 0.1) is 11.6 Å². The van der Waals surface area contributed by atoms with E-state index in [1.165, 1.54) is 24.3 Å². The van der Waals surface area contributed by atoms with Crippen LogP contribution in [0.25, 0.3) is 0 Å². The van der Waals surface area contributed by atoms with E-state index in [9.17, 15) is 8.78 Å². The first kappa shape index (κ1) is 10.3. The third-order valence-electron chi connectivity index (χ3n) is 3.07. The van der Waals surface area contributed by atoms with Crippen molar-refractivity contribution in [2.75, 3.05) is 5.32 Å². The molecule has 0 saturated heterocycles. The van der Waals surface area contributed by atoms with Crippen molar-refractivity contribution in [3.63, 3.8) is 0 Å². The molecule has 86 valence electrons. The highest BCUT2D eigenvalue weighted by Gasteiger charge is 2.13. The van der Waals surface area contributed by atoms with Crippen LogP contribution in [0.15, 0.2) is 36.4 Å². The normalized spacial score (nSPS) is 13.3. The highest BCUT2D eigenvalue weighted by molar-refractivity contribution is 5.68. The highest BCUT2D eigenvalue weighted by atomic mass is 19.1. The van der Waals surface area contributed by atoms with Gasteiger partial charge in [-0.2, -0.15) is 0 Å². The topological polar surface area (TPSA) is 12.0 Å². The van der Waals surface area contributed by atoms with Gasteiger partial charge in [0.2, 0.25) is 0 Å². The van der Waals surface area contributed by atoms with Gasteiger partial charge in [0.05, 0.1) is 0 Å². The Hall–Kier alpha value is -1.90. The molecular weight excluding hydrogens is 220 g/mol. The van der Waals surface area contributed by atoms with Gasteiger partial charge in [-0.15, -0.1) is 0 Å². The summed E-state index contributed by atoms with van der Waals surface area (Å²) in [6, 6.07) is 9.38. The first-order chi connectivity index (χ1) is 8.22. The molecule has 3 rings (SSSR count). The van der Waals surface area contributed by atoms with Crippen molar-refractivity contribution in [2.45, 2.75) is 12.8 Å². The number of aryl methyl sites for hydroxylation is 2. The number of benzene rings is 2. The van der Waals surface area contributed by atoms with Crippen molar-refractivity contribution >= 4 is 11.4 Å². The van der Waals surface area contributed by atoms with Crippen molar-refractivity contribution < 1.29 is 8.78 Å². The smallest absolute Gasteiger partial charge is 0.123 e. The minimum Gasteiger partial charge on any atom is -0.355 e. The second-order valence-electron chi connectivity index (χ2n) is 4.23. The van der Waals surface area contributed by atoms with Crippen LogP contribution in [0.2, 0.25) is 0 Å². The highest BCUT2D eigenvalue weighted by Crippen LogP contribution is 2.30. The molecule has 2 aromatic rings. The maximum absolute atomic E-state index is 13.1. The molecule has 0 amide bonds. The first-order valence-electron chi connectivity index (χ1n) is 5.56. The van der Waals surface area contributed by atoms with Crippen LogP contribution in [-0.4, -0.2) is 0 Å². The summed E-state index contributed by atoms with van der Waals surface area (Å²) in [5, 5.41) is 3.22. The Kier molecular flexibility index (Phi) is 2.32. The van der Waals surface area contributed by atoms with E-state index in [-0.39, 0.29) is 11.6 Å². The first-order valence-corrected chi connectivity index (χ1v) is 5.56. The van der Waals surface area contributed by atoms with E-state index in [1.54, 1.807) is 12.1 Å². The Morgan fingerprint density at radius 3 is 1.71 bits per heavy atom. The lowest BCUT2D eigenvalue weighted by Crippen LogP contribution is -1.94. The SMILES string of the molecule is Fc1ccc2c(c1)CCc1cc(F)ccc1N2. The number of halogens is 2. The van der Waals surface area contributed by atoms with Crippen LogP contribution in [-0.2, 0) is 12.8 Å². The summed E-state index contributed by atoms with van der Waals surface area (Å²) in [4.78, 5) is 0. The molecule has 1 aliphatic rings. The molecule has 0 fully saturated rings. The van der Waals surface area contributed by atoms with Gasteiger partial charge in [-0.3, -0.25) is 0 Å². The molecule has 1 heterocycles.